The molecule has 10 rings (SSSR count). The van der Waals surface area contributed by atoms with Gasteiger partial charge in [0.15, 0.2) is 19.7 Å². The number of para-hydroxylation sites is 2. The van der Waals surface area contributed by atoms with Crippen LogP contribution in [0.3, 0.4) is 0 Å². The van der Waals surface area contributed by atoms with E-state index in [1.807, 2.05) is 143 Å². The second-order valence-corrected chi connectivity index (χ2v) is 22.8. The second kappa shape index (κ2) is 20.2. The summed E-state index contributed by atoms with van der Waals surface area (Å²) in [5.74, 6) is -0.417. The SMILES string of the molecule is O=C(OCCCCCCCCOC(=O)c1ccc2c(c1)-c1ccccc1/C2=N\N(c1ccccc1)C1CCS(=O)(=O)C1)c1ccc2c(c1)-c1ccccc1/C2=N\N(c1ccccc1)C1CCS(=O)(=O)C1. The van der Waals surface area contributed by atoms with Crippen molar-refractivity contribution in [1.82, 2.24) is 0 Å². The molecule has 4 aliphatic rings. The fraction of sp³-hybridized carbons (Fsp3) is 0.286. The van der Waals surface area contributed by atoms with Gasteiger partial charge in [0, 0.05) is 22.3 Å². The minimum absolute atomic E-state index is 0.0419. The van der Waals surface area contributed by atoms with Gasteiger partial charge in [0.2, 0.25) is 0 Å². The van der Waals surface area contributed by atoms with E-state index in [1.54, 1.807) is 12.1 Å². The van der Waals surface area contributed by atoms with Crippen LogP contribution in [-0.4, -0.2) is 88.5 Å². The van der Waals surface area contributed by atoms with E-state index in [2.05, 4.69) is 0 Å². The molecule has 0 spiro atoms. The third-order valence-corrected chi connectivity index (χ3v) is 17.0. The molecule has 6 aromatic carbocycles. The topological polar surface area (TPSA) is 152 Å². The second-order valence-electron chi connectivity index (χ2n) is 18.4. The summed E-state index contributed by atoms with van der Waals surface area (Å²) >= 11 is 0. The van der Waals surface area contributed by atoms with E-state index >= 15 is 0 Å². The maximum Gasteiger partial charge on any atom is 0.338 e. The van der Waals surface area contributed by atoms with Crippen LogP contribution in [0.1, 0.15) is 94.3 Å². The predicted octanol–water partition coefficient (Wildman–Crippen LogP) is 9.89. The minimum Gasteiger partial charge on any atom is -0.462 e. The summed E-state index contributed by atoms with van der Waals surface area (Å²) in [6.07, 6.45) is 6.18. The first-order chi connectivity index (χ1) is 34.0. The molecule has 0 N–H and O–H groups in total. The highest BCUT2D eigenvalue weighted by molar-refractivity contribution is 7.92. The molecule has 0 saturated carbocycles. The van der Waals surface area contributed by atoms with Crippen LogP contribution in [0.2, 0.25) is 0 Å². The molecule has 0 radical (unpaired) electrons. The Morgan fingerprint density at radius 2 is 0.800 bits per heavy atom. The normalized spacial score (nSPS) is 19.0. The summed E-state index contributed by atoms with van der Waals surface area (Å²) in [6.45, 7) is 0.615. The highest BCUT2D eigenvalue weighted by Gasteiger charge is 2.36. The molecule has 0 bridgehead atoms. The molecular formula is C56H54N4O8S2. The van der Waals surface area contributed by atoms with Gasteiger partial charge in [-0.25, -0.2) is 26.4 Å². The summed E-state index contributed by atoms with van der Waals surface area (Å²) in [4.78, 5) is 26.6. The number of sulfone groups is 2. The van der Waals surface area contributed by atoms with E-state index in [9.17, 15) is 26.4 Å². The number of hydrogen-bond donors (Lipinski definition) is 0. The standard InChI is InChI=1S/C56H54N4O8S2/c61-55(39-25-27-49-51(35-39)45-21-11-13-23-47(45)53(49)57-59(41-17-7-5-8-18-41)43-29-33-69(63,64)37-43)67-31-15-3-1-2-4-16-32-68-56(62)40-26-28-50-52(36-40)46-22-12-14-24-48(46)54(50)58-60(42-19-9-6-10-20-42)44-30-34-70(65,66)38-44/h5-14,17-28,35-36,43-44H,1-4,15-16,29-34,37-38H2/b57-53+,58-54+. The number of rotatable bonds is 17. The quantitative estimate of drug-likeness (QED) is 0.0490. The maximum atomic E-state index is 13.3. The van der Waals surface area contributed by atoms with Crippen LogP contribution in [0.4, 0.5) is 11.4 Å². The maximum absolute atomic E-state index is 13.3. The number of anilines is 2. The van der Waals surface area contributed by atoms with Crippen molar-refractivity contribution in [2.45, 2.75) is 63.5 Å². The molecule has 2 aliphatic heterocycles. The fourth-order valence-corrected chi connectivity index (χ4v) is 13.4. The molecule has 2 atom stereocenters. The monoisotopic (exact) mass is 974 g/mol. The Bertz CT molecular complexity index is 3020. The number of esters is 2. The lowest BCUT2D eigenvalue weighted by Gasteiger charge is -2.26. The van der Waals surface area contributed by atoms with E-state index in [-0.39, 0.29) is 47.0 Å². The number of nitrogens with zero attached hydrogens (tertiary/aromatic N) is 4. The fourth-order valence-electron chi connectivity index (χ4n) is 9.98. The Kier molecular flexibility index (Phi) is 13.5. The molecule has 358 valence electrons. The van der Waals surface area contributed by atoms with Gasteiger partial charge >= 0.3 is 11.9 Å². The minimum atomic E-state index is -3.16. The van der Waals surface area contributed by atoms with Crippen molar-refractivity contribution in [3.63, 3.8) is 0 Å². The first kappa shape index (κ1) is 46.8. The zero-order valence-corrected chi connectivity index (χ0v) is 40.4. The molecule has 2 heterocycles. The predicted molar refractivity (Wildman–Crippen MR) is 275 cm³/mol. The van der Waals surface area contributed by atoms with Crippen molar-refractivity contribution in [1.29, 1.82) is 0 Å². The summed E-state index contributed by atoms with van der Waals surface area (Å²) in [7, 11) is -6.31. The van der Waals surface area contributed by atoms with Crippen LogP contribution in [0.15, 0.2) is 156 Å². The van der Waals surface area contributed by atoms with E-state index in [0.29, 0.717) is 37.2 Å². The van der Waals surface area contributed by atoms with Gasteiger partial charge in [-0.1, -0.05) is 123 Å². The molecule has 12 nitrogen and oxygen atoms in total. The first-order valence-corrected chi connectivity index (χ1v) is 27.8. The Morgan fingerprint density at radius 3 is 1.19 bits per heavy atom. The Hall–Kier alpha value is -6.90. The molecule has 14 heteroatoms. The third-order valence-electron chi connectivity index (χ3n) is 13.5. The molecule has 70 heavy (non-hydrogen) atoms. The van der Waals surface area contributed by atoms with Crippen LogP contribution in [-0.2, 0) is 29.1 Å². The molecule has 2 unspecified atom stereocenters. The van der Waals surface area contributed by atoms with Crippen molar-refractivity contribution < 1.29 is 35.9 Å². The van der Waals surface area contributed by atoms with E-state index in [4.69, 9.17) is 19.7 Å². The number of carbonyl (C=O) groups excluding carboxylic acids is 2. The lowest BCUT2D eigenvalue weighted by molar-refractivity contribution is 0.0484. The van der Waals surface area contributed by atoms with E-state index < -0.39 is 19.7 Å². The average Bonchev–Trinajstić information content (AvgIpc) is 4.12. The summed E-state index contributed by atoms with van der Waals surface area (Å²) < 4.78 is 61.5. The first-order valence-electron chi connectivity index (χ1n) is 24.1. The molecule has 2 saturated heterocycles. The van der Waals surface area contributed by atoms with Crippen LogP contribution >= 0.6 is 0 Å². The third kappa shape index (κ3) is 10.1. The van der Waals surface area contributed by atoms with E-state index in [1.165, 1.54) is 0 Å². The number of ether oxygens (including phenoxy) is 2. The molecule has 2 aliphatic carbocycles. The Morgan fingerprint density at radius 1 is 0.443 bits per heavy atom. The van der Waals surface area contributed by atoms with Crippen molar-refractivity contribution in [3.05, 3.63) is 179 Å². The Labute approximate surface area is 409 Å². The van der Waals surface area contributed by atoms with Crippen LogP contribution in [0.5, 0.6) is 0 Å². The van der Waals surface area contributed by atoms with Crippen LogP contribution in [0, 0.1) is 0 Å². The van der Waals surface area contributed by atoms with Crippen LogP contribution in [0.25, 0.3) is 22.3 Å². The highest BCUT2D eigenvalue weighted by Crippen LogP contribution is 2.41. The number of carbonyl (C=O) groups is 2. The van der Waals surface area contributed by atoms with Gasteiger partial charge < -0.3 is 9.47 Å². The summed E-state index contributed by atoms with van der Waals surface area (Å²) in [5, 5.41) is 14.0. The van der Waals surface area contributed by atoms with Crippen molar-refractivity contribution in [3.8, 4) is 22.3 Å². The number of benzene rings is 6. The largest absolute Gasteiger partial charge is 0.462 e. The van der Waals surface area contributed by atoms with Gasteiger partial charge in [0.05, 0.1) is 82.2 Å². The molecule has 0 aromatic heterocycles. The van der Waals surface area contributed by atoms with Gasteiger partial charge in [0.25, 0.3) is 0 Å². The van der Waals surface area contributed by atoms with Crippen LogP contribution < -0.4 is 10.0 Å². The van der Waals surface area contributed by atoms with Gasteiger partial charge in [0.1, 0.15) is 0 Å². The molecule has 6 aromatic rings. The molecule has 2 fully saturated rings. The van der Waals surface area contributed by atoms with Crippen molar-refractivity contribution in [2.75, 3.05) is 46.2 Å². The number of fused-ring (bicyclic) bond motifs is 6. The zero-order valence-electron chi connectivity index (χ0n) is 38.8. The number of hydrogen-bond acceptors (Lipinski definition) is 12. The summed E-state index contributed by atoms with van der Waals surface area (Å²) in [5.41, 5.74) is 11.3. The van der Waals surface area contributed by atoms with E-state index in [0.717, 1.165) is 106 Å². The van der Waals surface area contributed by atoms with Crippen molar-refractivity contribution >= 4 is 54.4 Å². The smallest absolute Gasteiger partial charge is 0.338 e. The summed E-state index contributed by atoms with van der Waals surface area (Å²) in [6, 6.07) is 45.7. The van der Waals surface area contributed by atoms with Gasteiger partial charge in [-0.05, 0) is 96.5 Å². The zero-order chi connectivity index (χ0) is 48.2. The van der Waals surface area contributed by atoms with Gasteiger partial charge in [-0.3, -0.25) is 10.0 Å². The molecular weight excluding hydrogens is 921 g/mol. The van der Waals surface area contributed by atoms with Crippen molar-refractivity contribution in [2.24, 2.45) is 10.2 Å². The van der Waals surface area contributed by atoms with Gasteiger partial charge in [-0.15, -0.1) is 0 Å². The lowest BCUT2D eigenvalue weighted by Crippen LogP contribution is -2.33. The average molecular weight is 975 g/mol. The highest BCUT2D eigenvalue weighted by atomic mass is 32.2. The lowest BCUT2D eigenvalue weighted by atomic mass is 10.0. The number of unbranched alkanes of at least 4 members (excludes halogenated alkanes) is 5. The van der Waals surface area contributed by atoms with Gasteiger partial charge in [-0.2, -0.15) is 10.2 Å². The molecule has 0 amide bonds. The Balaban J connectivity index is 0.695. The number of hydrazone groups is 2.